The van der Waals surface area contributed by atoms with Crippen molar-refractivity contribution in [3.05, 3.63) is 29.8 Å². The lowest BCUT2D eigenvalue weighted by molar-refractivity contribution is -0.117. The lowest BCUT2D eigenvalue weighted by atomic mass is 10.1. The largest absolute Gasteiger partial charge is 0.385 e. The average Bonchev–Trinajstić information content (AvgIpc) is 2.54. The van der Waals surface area contributed by atoms with Crippen LogP contribution in [-0.4, -0.2) is 32.7 Å². The number of ether oxygens (including phenoxy) is 1. The first kappa shape index (κ1) is 13.1. The third-order valence-corrected chi connectivity index (χ3v) is 3.16. The van der Waals surface area contributed by atoms with Crippen molar-refractivity contribution in [2.24, 2.45) is 0 Å². The Kier molecular flexibility index (Phi) is 4.73. The fourth-order valence-electron chi connectivity index (χ4n) is 2.22. The normalized spacial score (nSPS) is 15.4. The lowest BCUT2D eigenvalue weighted by Crippen LogP contribution is -2.36. The molecule has 1 aromatic carbocycles. The zero-order chi connectivity index (χ0) is 12.8. The van der Waals surface area contributed by atoms with E-state index in [0.29, 0.717) is 6.54 Å². The van der Waals surface area contributed by atoms with Gasteiger partial charge in [-0.25, -0.2) is 0 Å². The van der Waals surface area contributed by atoms with Gasteiger partial charge in [-0.15, -0.1) is 0 Å². The van der Waals surface area contributed by atoms with Crippen LogP contribution in [0.25, 0.3) is 0 Å². The number of amides is 1. The van der Waals surface area contributed by atoms with Gasteiger partial charge in [-0.2, -0.15) is 0 Å². The van der Waals surface area contributed by atoms with Gasteiger partial charge in [0.1, 0.15) is 0 Å². The molecule has 0 unspecified atom stereocenters. The monoisotopic (exact) mass is 248 g/mol. The van der Waals surface area contributed by atoms with Crippen molar-refractivity contribution in [1.29, 1.82) is 0 Å². The fraction of sp³-hybridized carbons (Fsp3) is 0.500. The van der Waals surface area contributed by atoms with E-state index in [0.717, 1.165) is 38.2 Å². The third kappa shape index (κ3) is 3.09. The zero-order valence-electron chi connectivity index (χ0n) is 10.8. The number of carbonyl (C=O) groups is 1. The molecule has 4 heteroatoms. The Bertz CT molecular complexity index is 407. The molecule has 0 bridgehead atoms. The van der Waals surface area contributed by atoms with E-state index in [9.17, 15) is 4.79 Å². The first-order valence-electron chi connectivity index (χ1n) is 6.41. The van der Waals surface area contributed by atoms with Crippen molar-refractivity contribution in [3.8, 4) is 0 Å². The third-order valence-electron chi connectivity index (χ3n) is 3.16. The van der Waals surface area contributed by atoms with Crippen LogP contribution < -0.4 is 10.2 Å². The summed E-state index contributed by atoms with van der Waals surface area (Å²) in [5.74, 6) is 0.150. The van der Waals surface area contributed by atoms with Gasteiger partial charge in [-0.1, -0.05) is 18.2 Å². The number of hydrogen-bond donors (Lipinski definition) is 1. The number of methoxy groups -OCH3 is 1. The minimum Gasteiger partial charge on any atom is -0.385 e. The van der Waals surface area contributed by atoms with Crippen molar-refractivity contribution in [1.82, 2.24) is 5.32 Å². The standard InChI is InChI=1S/C14H20N2O2/c1-18-9-5-4-8-16-13-7-3-2-6-12(13)10-15-11-14(16)17/h2-3,6-7,15H,4-5,8-11H2,1H3. The fourth-order valence-corrected chi connectivity index (χ4v) is 2.22. The molecular formula is C14H20N2O2. The molecule has 1 aliphatic heterocycles. The molecule has 0 atom stereocenters. The lowest BCUT2D eigenvalue weighted by Gasteiger charge is -2.22. The SMILES string of the molecule is COCCCCN1C(=O)CNCc2ccccc21. The second-order valence-corrected chi connectivity index (χ2v) is 4.48. The summed E-state index contributed by atoms with van der Waals surface area (Å²) in [6.07, 6.45) is 1.95. The second-order valence-electron chi connectivity index (χ2n) is 4.48. The molecule has 0 fully saturated rings. The van der Waals surface area contributed by atoms with Gasteiger partial charge in [-0.05, 0) is 24.5 Å². The molecule has 0 spiro atoms. The zero-order valence-corrected chi connectivity index (χ0v) is 10.8. The Morgan fingerprint density at radius 2 is 2.11 bits per heavy atom. The molecule has 1 heterocycles. The van der Waals surface area contributed by atoms with Crippen molar-refractivity contribution in [2.45, 2.75) is 19.4 Å². The molecule has 1 amide bonds. The molecule has 0 saturated carbocycles. The predicted octanol–water partition coefficient (Wildman–Crippen LogP) is 1.55. The van der Waals surface area contributed by atoms with Gasteiger partial charge < -0.3 is 15.0 Å². The van der Waals surface area contributed by atoms with Crippen LogP contribution in [0.3, 0.4) is 0 Å². The van der Waals surface area contributed by atoms with Crippen molar-refractivity contribution >= 4 is 11.6 Å². The number of nitrogens with zero attached hydrogens (tertiary/aromatic N) is 1. The summed E-state index contributed by atoms with van der Waals surface area (Å²) in [5.41, 5.74) is 2.24. The summed E-state index contributed by atoms with van der Waals surface area (Å²) >= 11 is 0. The molecule has 98 valence electrons. The van der Waals surface area contributed by atoms with Gasteiger partial charge in [-0.3, -0.25) is 4.79 Å². The summed E-state index contributed by atoms with van der Waals surface area (Å²) in [4.78, 5) is 14.0. The van der Waals surface area contributed by atoms with E-state index in [1.807, 2.05) is 23.1 Å². The van der Waals surface area contributed by atoms with Crippen LogP contribution in [-0.2, 0) is 16.1 Å². The molecule has 0 aromatic heterocycles. The van der Waals surface area contributed by atoms with E-state index in [1.54, 1.807) is 7.11 Å². The molecular weight excluding hydrogens is 228 g/mol. The average molecular weight is 248 g/mol. The van der Waals surface area contributed by atoms with E-state index in [2.05, 4.69) is 11.4 Å². The number of anilines is 1. The Balaban J connectivity index is 2.08. The highest BCUT2D eigenvalue weighted by molar-refractivity contribution is 5.96. The van der Waals surface area contributed by atoms with Gasteiger partial charge in [0.05, 0.1) is 6.54 Å². The number of carbonyl (C=O) groups excluding carboxylic acids is 1. The molecule has 2 rings (SSSR count). The van der Waals surface area contributed by atoms with Gasteiger partial charge in [0.25, 0.3) is 0 Å². The maximum absolute atomic E-state index is 12.1. The van der Waals surface area contributed by atoms with E-state index in [4.69, 9.17) is 4.74 Å². The van der Waals surface area contributed by atoms with Gasteiger partial charge in [0.15, 0.2) is 0 Å². The van der Waals surface area contributed by atoms with E-state index < -0.39 is 0 Å². The van der Waals surface area contributed by atoms with Crippen LogP contribution in [0.1, 0.15) is 18.4 Å². The number of hydrogen-bond acceptors (Lipinski definition) is 3. The molecule has 0 saturated heterocycles. The Labute approximate surface area is 108 Å². The summed E-state index contributed by atoms with van der Waals surface area (Å²) in [6.45, 7) is 2.69. The second kappa shape index (κ2) is 6.52. The molecule has 0 aliphatic carbocycles. The quantitative estimate of drug-likeness (QED) is 0.804. The Morgan fingerprint density at radius 3 is 2.94 bits per heavy atom. The van der Waals surface area contributed by atoms with Crippen LogP contribution in [0, 0.1) is 0 Å². The first-order chi connectivity index (χ1) is 8.83. The summed E-state index contributed by atoms with van der Waals surface area (Å²) in [6, 6.07) is 8.10. The van der Waals surface area contributed by atoms with Crippen molar-refractivity contribution in [3.63, 3.8) is 0 Å². The molecule has 0 radical (unpaired) electrons. The molecule has 4 nitrogen and oxygen atoms in total. The number of rotatable bonds is 5. The van der Waals surface area contributed by atoms with Gasteiger partial charge in [0, 0.05) is 32.5 Å². The number of unbranched alkanes of at least 4 members (excludes halogenated alkanes) is 1. The van der Waals surface area contributed by atoms with Crippen LogP contribution >= 0.6 is 0 Å². The Morgan fingerprint density at radius 1 is 1.28 bits per heavy atom. The van der Waals surface area contributed by atoms with Crippen LogP contribution in [0.2, 0.25) is 0 Å². The van der Waals surface area contributed by atoms with Crippen LogP contribution in [0.15, 0.2) is 24.3 Å². The molecule has 1 N–H and O–H groups in total. The number of nitrogens with one attached hydrogen (secondary N) is 1. The van der Waals surface area contributed by atoms with Gasteiger partial charge >= 0.3 is 0 Å². The minimum atomic E-state index is 0.150. The van der Waals surface area contributed by atoms with Crippen molar-refractivity contribution in [2.75, 3.05) is 31.7 Å². The highest BCUT2D eigenvalue weighted by Crippen LogP contribution is 2.22. The number of benzene rings is 1. The van der Waals surface area contributed by atoms with Crippen molar-refractivity contribution < 1.29 is 9.53 Å². The number of para-hydroxylation sites is 1. The summed E-state index contributed by atoms with van der Waals surface area (Å²) < 4.78 is 5.04. The maximum atomic E-state index is 12.1. The smallest absolute Gasteiger partial charge is 0.240 e. The Hall–Kier alpha value is -1.39. The number of fused-ring (bicyclic) bond motifs is 1. The highest BCUT2D eigenvalue weighted by atomic mass is 16.5. The highest BCUT2D eigenvalue weighted by Gasteiger charge is 2.20. The maximum Gasteiger partial charge on any atom is 0.240 e. The first-order valence-corrected chi connectivity index (χ1v) is 6.41. The molecule has 1 aliphatic rings. The summed E-state index contributed by atoms with van der Waals surface area (Å²) in [7, 11) is 1.70. The van der Waals surface area contributed by atoms with Gasteiger partial charge in [0.2, 0.25) is 5.91 Å². The predicted molar refractivity (Wildman–Crippen MR) is 71.6 cm³/mol. The van der Waals surface area contributed by atoms with Crippen LogP contribution in [0.4, 0.5) is 5.69 Å². The summed E-state index contributed by atoms with van der Waals surface area (Å²) in [5, 5.41) is 3.17. The molecule has 1 aromatic rings. The molecule has 18 heavy (non-hydrogen) atoms. The minimum absolute atomic E-state index is 0.150. The van der Waals surface area contributed by atoms with E-state index in [1.165, 1.54) is 5.56 Å². The van der Waals surface area contributed by atoms with Crippen LogP contribution in [0.5, 0.6) is 0 Å². The van der Waals surface area contributed by atoms with E-state index in [-0.39, 0.29) is 5.91 Å². The topological polar surface area (TPSA) is 41.6 Å². The van der Waals surface area contributed by atoms with E-state index >= 15 is 0 Å².